The van der Waals surface area contributed by atoms with Crippen molar-refractivity contribution in [1.82, 2.24) is 0 Å². The SMILES string of the molecule is COc1ccc(C(=O)COC(=O)c2ccccc2NC(=O)c2ccc(OC)c(OC)c2)cc1. The molecule has 3 aromatic rings. The Bertz CT molecular complexity index is 1160. The molecule has 3 aromatic carbocycles. The summed E-state index contributed by atoms with van der Waals surface area (Å²) in [5, 5.41) is 2.69. The van der Waals surface area contributed by atoms with Crippen LogP contribution >= 0.6 is 0 Å². The summed E-state index contributed by atoms with van der Waals surface area (Å²) in [5.74, 6) is -0.0550. The van der Waals surface area contributed by atoms with Gasteiger partial charge in [0.25, 0.3) is 5.91 Å². The van der Waals surface area contributed by atoms with Gasteiger partial charge in [0.1, 0.15) is 5.75 Å². The molecular formula is C25H23NO7. The minimum atomic E-state index is -0.736. The summed E-state index contributed by atoms with van der Waals surface area (Å²) in [6, 6.07) is 17.6. The highest BCUT2D eigenvalue weighted by molar-refractivity contribution is 6.08. The number of amides is 1. The number of ketones is 1. The van der Waals surface area contributed by atoms with Crippen LogP contribution in [-0.2, 0) is 4.74 Å². The zero-order valence-corrected chi connectivity index (χ0v) is 18.4. The molecule has 0 radical (unpaired) electrons. The van der Waals surface area contributed by atoms with E-state index in [0.29, 0.717) is 28.4 Å². The van der Waals surface area contributed by atoms with Gasteiger partial charge in [0.05, 0.1) is 32.6 Å². The van der Waals surface area contributed by atoms with Crippen LogP contribution in [0.1, 0.15) is 31.1 Å². The number of para-hydroxylation sites is 1. The molecule has 33 heavy (non-hydrogen) atoms. The first kappa shape index (κ1) is 23.3. The normalized spacial score (nSPS) is 10.2. The lowest BCUT2D eigenvalue weighted by Crippen LogP contribution is -2.18. The molecule has 0 saturated heterocycles. The van der Waals surface area contributed by atoms with Crippen LogP contribution in [0.15, 0.2) is 66.7 Å². The van der Waals surface area contributed by atoms with Gasteiger partial charge in [0, 0.05) is 11.1 Å². The van der Waals surface area contributed by atoms with E-state index in [2.05, 4.69) is 5.32 Å². The van der Waals surface area contributed by atoms with E-state index < -0.39 is 18.5 Å². The highest BCUT2D eigenvalue weighted by atomic mass is 16.5. The molecule has 170 valence electrons. The molecule has 0 saturated carbocycles. The molecule has 0 unspecified atom stereocenters. The molecule has 1 amide bonds. The number of hydrogen-bond donors (Lipinski definition) is 1. The second-order valence-electron chi connectivity index (χ2n) is 6.80. The van der Waals surface area contributed by atoms with E-state index in [-0.39, 0.29) is 17.0 Å². The fraction of sp³-hybridized carbons (Fsp3) is 0.160. The molecule has 0 aliphatic heterocycles. The van der Waals surface area contributed by atoms with Gasteiger partial charge in [0.2, 0.25) is 0 Å². The Morgan fingerprint density at radius 2 is 1.42 bits per heavy atom. The molecule has 0 aromatic heterocycles. The Hall–Kier alpha value is -4.33. The third kappa shape index (κ3) is 5.68. The summed E-state index contributed by atoms with van der Waals surface area (Å²) in [5.41, 5.74) is 1.07. The van der Waals surface area contributed by atoms with Gasteiger partial charge in [-0.3, -0.25) is 9.59 Å². The molecule has 0 heterocycles. The summed E-state index contributed by atoms with van der Waals surface area (Å²) in [6.07, 6.45) is 0. The topological polar surface area (TPSA) is 100 Å². The lowest BCUT2D eigenvalue weighted by atomic mass is 10.1. The lowest BCUT2D eigenvalue weighted by molar-refractivity contribution is 0.0475. The number of methoxy groups -OCH3 is 3. The predicted octanol–water partition coefficient (Wildman–Crippen LogP) is 4.00. The van der Waals surface area contributed by atoms with Gasteiger partial charge in [-0.15, -0.1) is 0 Å². The Kier molecular flexibility index (Phi) is 7.64. The average Bonchev–Trinajstić information content (AvgIpc) is 2.86. The number of esters is 1. The van der Waals surface area contributed by atoms with E-state index in [1.165, 1.54) is 33.5 Å². The molecule has 8 nitrogen and oxygen atoms in total. The summed E-state index contributed by atoms with van der Waals surface area (Å²) in [4.78, 5) is 37.7. The summed E-state index contributed by atoms with van der Waals surface area (Å²) >= 11 is 0. The van der Waals surface area contributed by atoms with Gasteiger partial charge >= 0.3 is 5.97 Å². The van der Waals surface area contributed by atoms with Crippen molar-refractivity contribution in [3.05, 3.63) is 83.4 Å². The zero-order chi connectivity index (χ0) is 23.8. The minimum Gasteiger partial charge on any atom is -0.497 e. The molecule has 0 spiro atoms. The number of rotatable bonds is 9. The van der Waals surface area contributed by atoms with E-state index in [1.54, 1.807) is 54.6 Å². The Labute approximate surface area is 191 Å². The first-order valence-corrected chi connectivity index (χ1v) is 9.93. The number of carbonyl (C=O) groups excluding carboxylic acids is 3. The maximum absolute atomic E-state index is 12.7. The number of ether oxygens (including phenoxy) is 4. The van der Waals surface area contributed by atoms with Crippen molar-refractivity contribution < 1.29 is 33.3 Å². The monoisotopic (exact) mass is 449 g/mol. The van der Waals surface area contributed by atoms with Crippen LogP contribution in [0.4, 0.5) is 5.69 Å². The lowest BCUT2D eigenvalue weighted by Gasteiger charge is -2.12. The number of nitrogens with one attached hydrogen (secondary N) is 1. The van der Waals surface area contributed by atoms with Crippen LogP contribution in [0.3, 0.4) is 0 Å². The van der Waals surface area contributed by atoms with Crippen molar-refractivity contribution in [3.63, 3.8) is 0 Å². The number of Topliss-reactive ketones (excluding diaryl/α,β-unsaturated/α-hetero) is 1. The van der Waals surface area contributed by atoms with E-state index in [4.69, 9.17) is 18.9 Å². The quantitative estimate of drug-likeness (QED) is 0.389. The second-order valence-corrected chi connectivity index (χ2v) is 6.80. The average molecular weight is 449 g/mol. The van der Waals surface area contributed by atoms with Gasteiger partial charge in [0.15, 0.2) is 23.9 Å². The highest BCUT2D eigenvalue weighted by Gasteiger charge is 2.18. The standard InChI is InChI=1S/C25H23NO7/c1-30-18-11-8-16(9-12-18)21(27)15-33-25(29)19-6-4-5-7-20(19)26-24(28)17-10-13-22(31-2)23(14-17)32-3/h4-14H,15H2,1-3H3,(H,26,28). The van der Waals surface area contributed by atoms with Gasteiger partial charge < -0.3 is 24.3 Å². The maximum Gasteiger partial charge on any atom is 0.340 e. The molecule has 8 heteroatoms. The Morgan fingerprint density at radius 1 is 0.758 bits per heavy atom. The van der Waals surface area contributed by atoms with Crippen LogP contribution in [0.2, 0.25) is 0 Å². The predicted molar refractivity (Wildman–Crippen MR) is 122 cm³/mol. The van der Waals surface area contributed by atoms with Crippen molar-refractivity contribution >= 4 is 23.3 Å². The molecule has 1 N–H and O–H groups in total. The van der Waals surface area contributed by atoms with E-state index in [0.717, 1.165) is 0 Å². The first-order chi connectivity index (χ1) is 16.0. The molecule has 3 rings (SSSR count). The minimum absolute atomic E-state index is 0.119. The molecule has 0 aliphatic rings. The molecular weight excluding hydrogens is 426 g/mol. The van der Waals surface area contributed by atoms with Crippen molar-refractivity contribution in [2.45, 2.75) is 0 Å². The van der Waals surface area contributed by atoms with Gasteiger partial charge in [-0.25, -0.2) is 4.79 Å². The van der Waals surface area contributed by atoms with Gasteiger partial charge in [-0.1, -0.05) is 12.1 Å². The second kappa shape index (κ2) is 10.8. The van der Waals surface area contributed by atoms with Crippen LogP contribution in [0.5, 0.6) is 17.2 Å². The number of benzene rings is 3. The molecule has 0 aliphatic carbocycles. The van der Waals surface area contributed by atoms with Crippen molar-refractivity contribution in [3.8, 4) is 17.2 Å². The molecule has 0 fully saturated rings. The van der Waals surface area contributed by atoms with Crippen molar-refractivity contribution in [2.75, 3.05) is 33.3 Å². The maximum atomic E-state index is 12.7. The number of carbonyl (C=O) groups is 3. The third-order valence-corrected chi connectivity index (χ3v) is 4.79. The van der Waals surface area contributed by atoms with E-state index >= 15 is 0 Å². The van der Waals surface area contributed by atoms with Crippen LogP contribution in [0, 0.1) is 0 Å². The fourth-order valence-corrected chi connectivity index (χ4v) is 3.01. The van der Waals surface area contributed by atoms with Gasteiger partial charge in [-0.05, 0) is 54.6 Å². The first-order valence-electron chi connectivity index (χ1n) is 9.93. The van der Waals surface area contributed by atoms with Gasteiger partial charge in [-0.2, -0.15) is 0 Å². The fourth-order valence-electron chi connectivity index (χ4n) is 3.01. The largest absolute Gasteiger partial charge is 0.497 e. The number of hydrogen-bond acceptors (Lipinski definition) is 7. The summed E-state index contributed by atoms with van der Waals surface area (Å²) in [7, 11) is 4.50. The third-order valence-electron chi connectivity index (χ3n) is 4.79. The zero-order valence-electron chi connectivity index (χ0n) is 18.4. The highest BCUT2D eigenvalue weighted by Crippen LogP contribution is 2.28. The van der Waals surface area contributed by atoms with Crippen LogP contribution < -0.4 is 19.5 Å². The smallest absolute Gasteiger partial charge is 0.340 e. The van der Waals surface area contributed by atoms with Crippen molar-refractivity contribution in [2.24, 2.45) is 0 Å². The summed E-state index contributed by atoms with van der Waals surface area (Å²) in [6.45, 7) is -0.441. The number of anilines is 1. The van der Waals surface area contributed by atoms with Crippen LogP contribution in [0.25, 0.3) is 0 Å². The van der Waals surface area contributed by atoms with E-state index in [1.807, 2.05) is 0 Å². The molecule has 0 bridgehead atoms. The summed E-state index contributed by atoms with van der Waals surface area (Å²) < 4.78 is 20.7. The Morgan fingerprint density at radius 3 is 2.09 bits per heavy atom. The van der Waals surface area contributed by atoms with Crippen molar-refractivity contribution in [1.29, 1.82) is 0 Å². The Balaban J connectivity index is 1.69. The van der Waals surface area contributed by atoms with Crippen LogP contribution in [-0.4, -0.2) is 45.6 Å². The molecule has 0 atom stereocenters. The van der Waals surface area contributed by atoms with E-state index in [9.17, 15) is 14.4 Å².